The molecule has 1 aliphatic heterocycles. The molecule has 4 bridgehead atoms. The van der Waals surface area contributed by atoms with Crippen LogP contribution in [-0.2, 0) is 0 Å². The van der Waals surface area contributed by atoms with Crippen LogP contribution in [0.25, 0.3) is 17.2 Å². The molecule has 3 aromatic rings. The van der Waals surface area contributed by atoms with Crippen molar-refractivity contribution in [1.82, 2.24) is 29.6 Å². The van der Waals surface area contributed by atoms with E-state index in [1.54, 1.807) is 29.9 Å². The minimum atomic E-state index is -4.28. The highest BCUT2D eigenvalue weighted by molar-refractivity contribution is 5.75. The molecular weight excluding hydrogens is 465 g/mol. The number of halogens is 3. The van der Waals surface area contributed by atoms with Gasteiger partial charge >= 0.3 is 12.2 Å². The van der Waals surface area contributed by atoms with Gasteiger partial charge in [-0.25, -0.2) is 19.7 Å². The Morgan fingerprint density at radius 2 is 2.06 bits per heavy atom. The molecule has 1 unspecified atom stereocenters. The second-order valence-electron chi connectivity index (χ2n) is 8.63. The van der Waals surface area contributed by atoms with Gasteiger partial charge in [-0.2, -0.15) is 13.2 Å². The summed E-state index contributed by atoms with van der Waals surface area (Å²) in [4.78, 5) is 28.0. The quantitative estimate of drug-likeness (QED) is 0.542. The minimum Gasteiger partial charge on any atom is -0.475 e. The summed E-state index contributed by atoms with van der Waals surface area (Å²) in [6.45, 7) is 4.32. The first-order valence-electron chi connectivity index (χ1n) is 11.8. The van der Waals surface area contributed by atoms with Crippen LogP contribution in [0.1, 0.15) is 64.1 Å². The number of imidazole rings is 1. The number of nitrogens with zero attached hydrogens (tertiary/aromatic N) is 5. The Labute approximate surface area is 200 Å². The lowest BCUT2D eigenvalue weighted by Gasteiger charge is -2.29. The fourth-order valence-electron chi connectivity index (χ4n) is 4.17. The molecule has 190 valence electrons. The Morgan fingerprint density at radius 3 is 2.83 bits per heavy atom. The highest BCUT2D eigenvalue weighted by atomic mass is 19.4. The molecule has 2 atom stereocenters. The van der Waals surface area contributed by atoms with E-state index in [0.717, 1.165) is 6.42 Å². The maximum atomic E-state index is 13.0. The summed E-state index contributed by atoms with van der Waals surface area (Å²) in [5.41, 5.74) is 1.52. The van der Waals surface area contributed by atoms with Crippen molar-refractivity contribution >= 4 is 11.7 Å². The zero-order valence-electron chi connectivity index (χ0n) is 19.7. The van der Waals surface area contributed by atoms with Crippen LogP contribution in [0, 0.1) is 0 Å². The molecule has 9 nitrogen and oxygen atoms in total. The molecule has 12 heteroatoms. The molecule has 0 fully saturated rings. The molecule has 0 aromatic carbocycles. The number of urea groups is 1. The van der Waals surface area contributed by atoms with Crippen LogP contribution in [0.3, 0.4) is 0 Å². The van der Waals surface area contributed by atoms with E-state index >= 15 is 0 Å². The molecule has 0 saturated carbocycles. The highest BCUT2D eigenvalue weighted by Gasteiger charge is 2.30. The van der Waals surface area contributed by atoms with Crippen molar-refractivity contribution in [3.05, 3.63) is 30.5 Å². The predicted molar refractivity (Wildman–Crippen MR) is 121 cm³/mol. The Kier molecular flexibility index (Phi) is 7.46. The van der Waals surface area contributed by atoms with E-state index < -0.39 is 30.7 Å². The summed E-state index contributed by atoms with van der Waals surface area (Å²) >= 11 is 0. The lowest BCUT2D eigenvalue weighted by molar-refractivity contribution is -0.136. The van der Waals surface area contributed by atoms with Gasteiger partial charge in [-0.05, 0) is 39.5 Å². The van der Waals surface area contributed by atoms with Gasteiger partial charge in [0.15, 0.2) is 0 Å². The molecule has 0 aliphatic carbocycles. The van der Waals surface area contributed by atoms with Gasteiger partial charge in [-0.1, -0.05) is 6.42 Å². The third-order valence-corrected chi connectivity index (χ3v) is 6.12. The van der Waals surface area contributed by atoms with E-state index in [-0.39, 0.29) is 12.3 Å². The number of rotatable bonds is 3. The summed E-state index contributed by atoms with van der Waals surface area (Å²) in [7, 11) is 0. The number of nitrogens with one attached hydrogen (secondary N) is 1. The van der Waals surface area contributed by atoms with E-state index in [0.29, 0.717) is 55.3 Å². The average molecular weight is 495 g/mol. The Bertz CT molecular complexity index is 1150. The largest absolute Gasteiger partial charge is 0.475 e. The maximum absolute atomic E-state index is 13.0. The zero-order chi connectivity index (χ0) is 25.0. The standard InChI is InChI=1S/C23H29F3N6O3/c1-3-32-15(2)18-14-35-20(30-18)17-13-31-11-10-27-19(31)21(29-17)34-12-6-4-5-7-16(28-22(32)33)8-9-23(24,25)26/h10-11,13-16H,3-9,12H2,1-2H3,(H,28,33)/t15?,16-/m1/s1. The molecule has 3 aromatic heterocycles. The number of aromatic nitrogens is 4. The number of ether oxygens (including phenoxy) is 1. The Morgan fingerprint density at radius 1 is 1.23 bits per heavy atom. The summed E-state index contributed by atoms with van der Waals surface area (Å²) < 4.78 is 52.0. The van der Waals surface area contributed by atoms with Gasteiger partial charge in [-0.3, -0.25) is 0 Å². The molecule has 0 saturated heterocycles. The number of carbonyl (C=O) groups excluding carboxylic acids is 1. The van der Waals surface area contributed by atoms with Crippen LogP contribution in [-0.4, -0.2) is 55.7 Å². The van der Waals surface area contributed by atoms with Crippen LogP contribution in [0.4, 0.5) is 18.0 Å². The first-order valence-corrected chi connectivity index (χ1v) is 11.8. The Balaban J connectivity index is 1.63. The number of hydrogen-bond acceptors (Lipinski definition) is 6. The number of hydrogen-bond donors (Lipinski definition) is 1. The number of alkyl halides is 3. The van der Waals surface area contributed by atoms with Gasteiger partial charge in [0.2, 0.25) is 11.5 Å². The molecule has 4 rings (SSSR count). The second-order valence-corrected chi connectivity index (χ2v) is 8.63. The van der Waals surface area contributed by atoms with Crippen LogP contribution in [0.5, 0.6) is 5.88 Å². The second kappa shape index (κ2) is 10.5. The molecule has 1 aliphatic rings. The van der Waals surface area contributed by atoms with Crippen molar-refractivity contribution in [2.24, 2.45) is 0 Å². The number of carbonyl (C=O) groups is 1. The molecular formula is C23H29F3N6O3. The zero-order valence-corrected chi connectivity index (χ0v) is 19.7. The molecule has 0 radical (unpaired) electrons. The summed E-state index contributed by atoms with van der Waals surface area (Å²) in [5.74, 6) is 0.607. The average Bonchev–Trinajstić information content (AvgIpc) is 3.48. The van der Waals surface area contributed by atoms with Gasteiger partial charge in [0.1, 0.15) is 17.7 Å². The van der Waals surface area contributed by atoms with E-state index in [1.165, 1.54) is 11.2 Å². The summed E-state index contributed by atoms with van der Waals surface area (Å²) in [6.07, 6.45) is 3.73. The van der Waals surface area contributed by atoms with Crippen LogP contribution in [0.2, 0.25) is 0 Å². The summed E-state index contributed by atoms with van der Waals surface area (Å²) in [6, 6.07) is -1.48. The first-order chi connectivity index (χ1) is 16.7. The normalized spacial score (nSPS) is 20.4. The predicted octanol–water partition coefficient (Wildman–Crippen LogP) is 5.14. The molecule has 4 heterocycles. The van der Waals surface area contributed by atoms with Gasteiger partial charge < -0.3 is 23.8 Å². The van der Waals surface area contributed by atoms with Crippen LogP contribution < -0.4 is 10.1 Å². The topological polar surface area (TPSA) is 97.8 Å². The Hall–Kier alpha value is -3.31. The van der Waals surface area contributed by atoms with Gasteiger partial charge in [-0.15, -0.1) is 0 Å². The third kappa shape index (κ3) is 6.04. The van der Waals surface area contributed by atoms with Crippen molar-refractivity contribution in [3.8, 4) is 17.5 Å². The molecule has 35 heavy (non-hydrogen) atoms. The third-order valence-electron chi connectivity index (χ3n) is 6.12. The minimum absolute atomic E-state index is 0.167. The van der Waals surface area contributed by atoms with Crippen molar-refractivity contribution in [1.29, 1.82) is 0 Å². The van der Waals surface area contributed by atoms with Crippen LogP contribution >= 0.6 is 0 Å². The van der Waals surface area contributed by atoms with Crippen LogP contribution in [0.15, 0.2) is 29.3 Å². The fourth-order valence-corrected chi connectivity index (χ4v) is 4.17. The molecule has 1 N–H and O–H groups in total. The lowest BCUT2D eigenvalue weighted by Crippen LogP contribution is -2.46. The SMILES string of the molecule is CCN1C(=O)N[C@@H](CCC(F)(F)F)CCCCCOc2nc(cn3ccnc23)-c2nc(co2)C1C. The van der Waals surface area contributed by atoms with E-state index in [9.17, 15) is 18.0 Å². The molecule has 0 spiro atoms. The van der Waals surface area contributed by atoms with E-state index in [1.807, 2.05) is 6.92 Å². The number of oxazole rings is 1. The van der Waals surface area contributed by atoms with E-state index in [2.05, 4.69) is 20.3 Å². The summed E-state index contributed by atoms with van der Waals surface area (Å²) in [5, 5.41) is 2.81. The van der Waals surface area contributed by atoms with E-state index in [4.69, 9.17) is 9.15 Å². The van der Waals surface area contributed by atoms with Gasteiger partial charge in [0.25, 0.3) is 5.88 Å². The monoisotopic (exact) mass is 494 g/mol. The maximum Gasteiger partial charge on any atom is 0.389 e. The lowest BCUT2D eigenvalue weighted by atomic mass is 10.0. The highest BCUT2D eigenvalue weighted by Crippen LogP contribution is 2.28. The van der Waals surface area contributed by atoms with Crippen molar-refractivity contribution in [2.45, 2.75) is 70.6 Å². The van der Waals surface area contributed by atoms with Gasteiger partial charge in [0, 0.05) is 37.6 Å². The number of fused-ring (bicyclic) bond motifs is 7. The van der Waals surface area contributed by atoms with Crippen molar-refractivity contribution in [2.75, 3.05) is 13.2 Å². The first kappa shape index (κ1) is 24.8. The van der Waals surface area contributed by atoms with Crippen molar-refractivity contribution in [3.63, 3.8) is 0 Å². The smallest absolute Gasteiger partial charge is 0.389 e. The van der Waals surface area contributed by atoms with Gasteiger partial charge in [0.05, 0.1) is 12.6 Å². The number of amides is 2. The van der Waals surface area contributed by atoms with Crippen molar-refractivity contribution < 1.29 is 27.1 Å². The molecule has 2 amide bonds. The fraction of sp³-hybridized carbons (Fsp3) is 0.565.